The first-order valence-corrected chi connectivity index (χ1v) is 11.6. The Bertz CT molecular complexity index is 1250. The van der Waals surface area contributed by atoms with Gasteiger partial charge in [0.2, 0.25) is 0 Å². The molecule has 1 aromatic heterocycles. The molecule has 4 rings (SSSR count). The molecule has 1 aliphatic carbocycles. The number of carbonyl (C=O) groups excluding carboxylic acids is 1. The van der Waals surface area contributed by atoms with E-state index in [9.17, 15) is 18.0 Å². The summed E-state index contributed by atoms with van der Waals surface area (Å²) in [4.78, 5) is 26.1. The van der Waals surface area contributed by atoms with Crippen LogP contribution in [-0.4, -0.2) is 30.5 Å². The number of benzene rings is 2. The van der Waals surface area contributed by atoms with Crippen molar-refractivity contribution in [3.63, 3.8) is 0 Å². The Morgan fingerprint density at radius 1 is 1.16 bits per heavy atom. The second-order valence-electron chi connectivity index (χ2n) is 7.72. The molecule has 1 N–H and O–H groups in total. The quantitative estimate of drug-likeness (QED) is 0.558. The molecule has 0 amide bonds. The Hall–Kier alpha value is -3.40. The van der Waals surface area contributed by atoms with Crippen molar-refractivity contribution in [2.24, 2.45) is 11.8 Å². The zero-order valence-electron chi connectivity index (χ0n) is 17.3. The van der Waals surface area contributed by atoms with Gasteiger partial charge in [0, 0.05) is 5.92 Å². The molecule has 1 aliphatic rings. The summed E-state index contributed by atoms with van der Waals surface area (Å²) in [6.07, 6.45) is 0.546. The summed E-state index contributed by atoms with van der Waals surface area (Å²) in [7, 11) is -4.32. The minimum atomic E-state index is -4.32. The highest BCUT2D eigenvalue weighted by molar-refractivity contribution is 8.05. The van der Waals surface area contributed by atoms with E-state index in [4.69, 9.17) is 9.47 Å². The van der Waals surface area contributed by atoms with Crippen molar-refractivity contribution < 1.29 is 27.2 Å². The molecule has 2 aromatic carbocycles. The fourth-order valence-corrected chi connectivity index (χ4v) is 5.81. The van der Waals surface area contributed by atoms with E-state index >= 15 is 0 Å². The summed E-state index contributed by atoms with van der Waals surface area (Å²) >= 11 is 0. The highest BCUT2D eigenvalue weighted by Gasteiger charge is 2.46. The predicted octanol–water partition coefficient (Wildman–Crippen LogP) is 3.04. The van der Waals surface area contributed by atoms with E-state index in [-0.39, 0.29) is 25.1 Å². The van der Waals surface area contributed by atoms with Crippen LogP contribution in [-0.2, 0) is 27.6 Å². The number of H-pyrrole nitrogens is 1. The number of hydrogen-bond acceptors (Lipinski definition) is 8. The van der Waals surface area contributed by atoms with Crippen LogP contribution in [0.4, 0.5) is 4.79 Å². The van der Waals surface area contributed by atoms with Gasteiger partial charge in [-0.1, -0.05) is 61.5 Å². The summed E-state index contributed by atoms with van der Waals surface area (Å²) in [6, 6.07) is 15.9. The normalized spacial score (nSPS) is 20.3. The molecule has 3 aromatic rings. The number of fused-ring (bicyclic) bond motifs is 1. The lowest BCUT2D eigenvalue weighted by Gasteiger charge is -2.36. The van der Waals surface area contributed by atoms with Gasteiger partial charge in [0.1, 0.15) is 11.9 Å². The van der Waals surface area contributed by atoms with E-state index in [1.54, 1.807) is 43.3 Å². The zero-order chi connectivity index (χ0) is 22.7. The molecule has 1 unspecified atom stereocenters. The molecule has 0 aliphatic heterocycles. The largest absolute Gasteiger partial charge is 0.462 e. The first-order chi connectivity index (χ1) is 15.4. The van der Waals surface area contributed by atoms with E-state index in [0.29, 0.717) is 17.5 Å². The number of nitrogens with zero attached hydrogens (tertiary/aromatic N) is 1. The van der Waals surface area contributed by atoms with Gasteiger partial charge in [0.25, 0.3) is 9.84 Å². The molecule has 32 heavy (non-hydrogen) atoms. The van der Waals surface area contributed by atoms with E-state index in [0.717, 1.165) is 5.56 Å². The van der Waals surface area contributed by atoms with Crippen LogP contribution >= 0.6 is 0 Å². The Morgan fingerprint density at radius 2 is 1.88 bits per heavy atom. The topological polar surface area (TPSA) is 129 Å². The molecule has 0 fully saturated rings. The summed E-state index contributed by atoms with van der Waals surface area (Å²) in [5, 5.41) is 1.12. The molecule has 168 valence electrons. The molecular formula is C22H22N2O7S. The lowest BCUT2D eigenvalue weighted by molar-refractivity contribution is 0.160. The number of nitrogens with one attached hydrogen (secondary N) is 1. The van der Waals surface area contributed by atoms with E-state index in [1.165, 1.54) is 0 Å². The second kappa shape index (κ2) is 8.99. The number of sulfone groups is 1. The molecule has 3 atom stereocenters. The number of aromatic nitrogens is 2. The van der Waals surface area contributed by atoms with Gasteiger partial charge in [-0.3, -0.25) is 4.52 Å². The third-order valence-electron chi connectivity index (χ3n) is 5.69. The molecule has 1 heterocycles. The first-order valence-electron chi connectivity index (χ1n) is 10.1. The van der Waals surface area contributed by atoms with E-state index < -0.39 is 32.1 Å². The Morgan fingerprint density at radius 3 is 2.59 bits per heavy atom. The lowest BCUT2D eigenvalue weighted by atomic mass is 9.77. The van der Waals surface area contributed by atoms with Crippen LogP contribution in [0, 0.1) is 11.8 Å². The van der Waals surface area contributed by atoms with Crippen molar-refractivity contribution >= 4 is 15.1 Å². The van der Waals surface area contributed by atoms with Crippen molar-refractivity contribution in [1.82, 2.24) is 10.1 Å². The van der Waals surface area contributed by atoms with Gasteiger partial charge in [-0.25, -0.2) is 23.0 Å². The van der Waals surface area contributed by atoms with Crippen molar-refractivity contribution in [2.75, 3.05) is 6.61 Å². The summed E-state index contributed by atoms with van der Waals surface area (Å²) in [5.41, 5.74) is 2.10. The molecular weight excluding hydrogens is 436 g/mol. The van der Waals surface area contributed by atoms with E-state index in [2.05, 4.69) is 14.7 Å². The van der Waals surface area contributed by atoms with Crippen molar-refractivity contribution in [1.29, 1.82) is 0 Å². The molecule has 0 radical (unpaired) electrons. The zero-order valence-corrected chi connectivity index (χ0v) is 18.1. The molecule has 0 saturated carbocycles. The standard InChI is InChI=1S/C22H22N2O7S/c1-14-17(13-29-20-23-21(25)31-24-20)11-16-9-5-6-10-18(16)19(14)32(27,28)22(26)30-12-15-7-3-2-4-8-15/h2-10,14,17,19H,11-13H2,1H3,(H,23,24,25)/t14-,17+,19?/m1/s1. The van der Waals surface area contributed by atoms with Crippen molar-refractivity contribution in [3.8, 4) is 6.01 Å². The SMILES string of the molecule is C[C@H]1C(S(=O)(=O)C(=O)OCc2ccccc2)c2ccccc2C[C@H]1COc1noc(=O)[nH]1. The van der Waals surface area contributed by atoms with Crippen LogP contribution in [0.15, 0.2) is 63.9 Å². The highest BCUT2D eigenvalue weighted by Crippen LogP contribution is 2.43. The van der Waals surface area contributed by atoms with Crippen LogP contribution in [0.2, 0.25) is 0 Å². The number of rotatable bonds is 6. The Labute approximate surface area is 184 Å². The molecule has 10 heteroatoms. The van der Waals surface area contributed by atoms with Crippen LogP contribution in [0.1, 0.15) is 28.9 Å². The van der Waals surface area contributed by atoms with Crippen molar-refractivity contribution in [2.45, 2.75) is 25.2 Å². The predicted molar refractivity (Wildman–Crippen MR) is 114 cm³/mol. The van der Waals surface area contributed by atoms with E-state index in [1.807, 2.05) is 18.2 Å². The number of hydrogen-bond donors (Lipinski definition) is 1. The molecule has 0 spiro atoms. The van der Waals surface area contributed by atoms with Gasteiger partial charge >= 0.3 is 17.1 Å². The second-order valence-corrected chi connectivity index (χ2v) is 9.65. The van der Waals surface area contributed by atoms with Gasteiger partial charge in [-0.2, -0.15) is 0 Å². The minimum absolute atomic E-state index is 0.0808. The first kappa shape index (κ1) is 21.8. The van der Waals surface area contributed by atoms with Crippen LogP contribution in [0.25, 0.3) is 0 Å². The average Bonchev–Trinajstić information content (AvgIpc) is 3.21. The van der Waals surface area contributed by atoms with Crippen LogP contribution in [0.3, 0.4) is 0 Å². The van der Waals surface area contributed by atoms with Gasteiger partial charge in [0.05, 0.1) is 6.61 Å². The van der Waals surface area contributed by atoms with Crippen LogP contribution < -0.4 is 10.5 Å². The third-order valence-corrected chi connectivity index (χ3v) is 7.62. The fraction of sp³-hybridized carbons (Fsp3) is 0.318. The van der Waals surface area contributed by atoms with Crippen molar-refractivity contribution in [3.05, 3.63) is 81.8 Å². The average molecular weight is 458 g/mol. The highest BCUT2D eigenvalue weighted by atomic mass is 32.2. The van der Waals surface area contributed by atoms with Gasteiger partial charge in [-0.05, 0) is 34.2 Å². The summed E-state index contributed by atoms with van der Waals surface area (Å²) in [6.45, 7) is 1.72. The third kappa shape index (κ3) is 4.45. The number of carbonyl (C=O) groups is 1. The Balaban J connectivity index is 1.56. The summed E-state index contributed by atoms with van der Waals surface area (Å²) < 4.78 is 41.7. The lowest BCUT2D eigenvalue weighted by Crippen LogP contribution is -2.38. The molecule has 0 saturated heterocycles. The molecule has 0 bridgehead atoms. The van der Waals surface area contributed by atoms with Gasteiger partial charge in [-0.15, -0.1) is 0 Å². The maximum atomic E-state index is 13.3. The summed E-state index contributed by atoms with van der Waals surface area (Å²) in [5.74, 6) is -1.46. The maximum absolute atomic E-state index is 13.3. The van der Waals surface area contributed by atoms with Gasteiger partial charge in [0.15, 0.2) is 0 Å². The monoisotopic (exact) mass is 458 g/mol. The fourth-order valence-electron chi connectivity index (χ4n) is 4.02. The van der Waals surface area contributed by atoms with Gasteiger partial charge < -0.3 is 9.47 Å². The molecule has 9 nitrogen and oxygen atoms in total. The smallest absolute Gasteiger partial charge is 0.441 e. The van der Waals surface area contributed by atoms with Crippen LogP contribution in [0.5, 0.6) is 6.01 Å². The minimum Gasteiger partial charge on any atom is -0.462 e. The number of aromatic amines is 1. The number of ether oxygens (including phenoxy) is 2. The Kier molecular flexibility index (Phi) is 6.13. The maximum Gasteiger partial charge on any atom is 0.441 e.